The minimum absolute atomic E-state index is 0.225. The van der Waals surface area contributed by atoms with Crippen LogP contribution in [0.1, 0.15) is 37.2 Å². The van der Waals surface area contributed by atoms with Crippen LogP contribution in [0.15, 0.2) is 12.4 Å². The Morgan fingerprint density at radius 3 is 2.79 bits per heavy atom. The highest BCUT2D eigenvalue weighted by Crippen LogP contribution is 1.99. The summed E-state index contributed by atoms with van der Waals surface area (Å²) in [6.45, 7) is 6.01. The first-order valence-electron chi connectivity index (χ1n) is 6.56. The standard InChI is InChI=1S/C13H23N5O/c1-10(2)18(3)7-5-4-6-16-13(19)11-8-15-9-12(14)17-11/h8-10H,4-7H2,1-3H3,(H2,14,17)(H,16,19). The van der Waals surface area contributed by atoms with Crippen LogP contribution in [0.4, 0.5) is 5.82 Å². The molecule has 0 radical (unpaired) electrons. The number of nitrogen functional groups attached to an aromatic ring is 1. The van der Waals surface area contributed by atoms with Crippen LogP contribution in [0.2, 0.25) is 0 Å². The van der Waals surface area contributed by atoms with E-state index >= 15 is 0 Å². The number of hydrogen-bond acceptors (Lipinski definition) is 5. The molecule has 0 unspecified atom stereocenters. The zero-order valence-corrected chi connectivity index (χ0v) is 11.9. The number of hydrogen-bond donors (Lipinski definition) is 2. The molecule has 106 valence electrons. The first-order valence-corrected chi connectivity index (χ1v) is 6.56. The lowest BCUT2D eigenvalue weighted by Crippen LogP contribution is -2.29. The average molecular weight is 265 g/mol. The zero-order valence-electron chi connectivity index (χ0n) is 11.9. The van der Waals surface area contributed by atoms with E-state index in [0.29, 0.717) is 12.6 Å². The molecule has 1 aromatic heterocycles. The lowest BCUT2D eigenvalue weighted by Gasteiger charge is -2.20. The van der Waals surface area contributed by atoms with E-state index in [9.17, 15) is 4.79 Å². The van der Waals surface area contributed by atoms with Gasteiger partial charge in [-0.1, -0.05) is 0 Å². The first kappa shape index (κ1) is 15.4. The molecule has 1 heterocycles. The van der Waals surface area contributed by atoms with Crippen LogP contribution in [0.3, 0.4) is 0 Å². The van der Waals surface area contributed by atoms with E-state index in [1.807, 2.05) is 0 Å². The van der Waals surface area contributed by atoms with E-state index in [1.165, 1.54) is 12.4 Å². The molecule has 6 nitrogen and oxygen atoms in total. The SMILES string of the molecule is CC(C)N(C)CCCCNC(=O)c1cncc(N)n1. The second-order valence-electron chi connectivity index (χ2n) is 4.87. The van der Waals surface area contributed by atoms with Crippen LogP contribution in [-0.2, 0) is 0 Å². The fraction of sp³-hybridized carbons (Fsp3) is 0.615. The van der Waals surface area contributed by atoms with Crippen LogP contribution < -0.4 is 11.1 Å². The van der Waals surface area contributed by atoms with Crippen molar-refractivity contribution in [1.82, 2.24) is 20.2 Å². The predicted octanol–water partition coefficient (Wildman–Crippen LogP) is 0.909. The fourth-order valence-corrected chi connectivity index (χ4v) is 1.53. The molecule has 0 aliphatic heterocycles. The Balaban J connectivity index is 2.21. The second-order valence-corrected chi connectivity index (χ2v) is 4.87. The van der Waals surface area contributed by atoms with Gasteiger partial charge >= 0.3 is 0 Å². The number of nitrogens with two attached hydrogens (primary N) is 1. The Bertz CT molecular complexity index is 408. The monoisotopic (exact) mass is 265 g/mol. The molecule has 0 saturated heterocycles. The van der Waals surface area contributed by atoms with Gasteiger partial charge in [0.1, 0.15) is 11.5 Å². The first-order chi connectivity index (χ1) is 9.00. The van der Waals surface area contributed by atoms with Crippen LogP contribution in [0, 0.1) is 0 Å². The number of aromatic nitrogens is 2. The second kappa shape index (κ2) is 7.68. The molecule has 19 heavy (non-hydrogen) atoms. The van der Waals surface area contributed by atoms with Crippen molar-refractivity contribution < 1.29 is 4.79 Å². The Labute approximate surface area is 114 Å². The minimum atomic E-state index is -0.225. The molecule has 3 N–H and O–H groups in total. The molecule has 1 aromatic rings. The summed E-state index contributed by atoms with van der Waals surface area (Å²) in [5, 5.41) is 2.81. The predicted molar refractivity (Wildman–Crippen MR) is 75.8 cm³/mol. The summed E-state index contributed by atoms with van der Waals surface area (Å²) in [5.41, 5.74) is 5.74. The zero-order chi connectivity index (χ0) is 14.3. The van der Waals surface area contributed by atoms with Crippen molar-refractivity contribution in [3.8, 4) is 0 Å². The number of amides is 1. The number of nitrogens with zero attached hydrogens (tertiary/aromatic N) is 3. The van der Waals surface area contributed by atoms with E-state index < -0.39 is 0 Å². The maximum Gasteiger partial charge on any atom is 0.271 e. The molecule has 0 aromatic carbocycles. The highest BCUT2D eigenvalue weighted by molar-refractivity contribution is 5.92. The highest BCUT2D eigenvalue weighted by Gasteiger charge is 2.07. The van der Waals surface area contributed by atoms with Gasteiger partial charge in [-0.05, 0) is 40.3 Å². The third kappa shape index (κ3) is 5.65. The van der Waals surface area contributed by atoms with Gasteiger partial charge in [-0.15, -0.1) is 0 Å². The summed E-state index contributed by atoms with van der Waals surface area (Å²) in [4.78, 5) is 21.8. The Morgan fingerprint density at radius 2 is 2.16 bits per heavy atom. The molecule has 0 bridgehead atoms. The fourth-order valence-electron chi connectivity index (χ4n) is 1.53. The molecular weight excluding hydrogens is 242 g/mol. The minimum Gasteiger partial charge on any atom is -0.382 e. The normalized spacial score (nSPS) is 11.0. The van der Waals surface area contributed by atoms with Crippen molar-refractivity contribution in [1.29, 1.82) is 0 Å². The number of anilines is 1. The summed E-state index contributed by atoms with van der Waals surface area (Å²) >= 11 is 0. The van der Waals surface area contributed by atoms with Crippen molar-refractivity contribution in [2.75, 3.05) is 25.9 Å². The number of carbonyl (C=O) groups is 1. The van der Waals surface area contributed by atoms with Crippen LogP contribution in [0.5, 0.6) is 0 Å². The quantitative estimate of drug-likeness (QED) is 0.716. The number of nitrogens with one attached hydrogen (secondary N) is 1. The van der Waals surface area contributed by atoms with E-state index in [1.54, 1.807) is 0 Å². The van der Waals surface area contributed by atoms with Crippen LogP contribution >= 0.6 is 0 Å². The molecule has 0 aliphatic rings. The van der Waals surface area contributed by atoms with Crippen molar-refractivity contribution in [2.45, 2.75) is 32.7 Å². The van der Waals surface area contributed by atoms with Gasteiger partial charge in [0.05, 0.1) is 12.4 Å². The van der Waals surface area contributed by atoms with E-state index in [4.69, 9.17) is 5.73 Å². The van der Waals surface area contributed by atoms with Gasteiger partial charge in [-0.3, -0.25) is 9.78 Å². The van der Waals surface area contributed by atoms with Crippen LogP contribution in [0.25, 0.3) is 0 Å². The molecule has 0 aliphatic carbocycles. The van der Waals surface area contributed by atoms with Gasteiger partial charge in [0, 0.05) is 12.6 Å². The third-order valence-corrected chi connectivity index (χ3v) is 2.99. The lowest BCUT2D eigenvalue weighted by molar-refractivity contribution is 0.0947. The molecule has 6 heteroatoms. The lowest BCUT2D eigenvalue weighted by atomic mass is 10.2. The molecule has 1 rings (SSSR count). The summed E-state index contributed by atoms with van der Waals surface area (Å²) < 4.78 is 0. The van der Waals surface area contributed by atoms with E-state index in [2.05, 4.69) is 41.1 Å². The molecule has 0 fully saturated rings. The van der Waals surface area contributed by atoms with Crippen molar-refractivity contribution in [2.24, 2.45) is 0 Å². The van der Waals surface area contributed by atoms with Gasteiger partial charge in [0.15, 0.2) is 0 Å². The molecule has 0 saturated carbocycles. The average Bonchev–Trinajstić information content (AvgIpc) is 2.37. The summed E-state index contributed by atoms with van der Waals surface area (Å²) in [5.74, 6) is 0.0308. The van der Waals surface area contributed by atoms with Gasteiger partial charge in [0.2, 0.25) is 0 Å². The molecule has 1 amide bonds. The van der Waals surface area contributed by atoms with E-state index in [0.717, 1.165) is 19.4 Å². The Morgan fingerprint density at radius 1 is 1.42 bits per heavy atom. The largest absolute Gasteiger partial charge is 0.382 e. The highest BCUT2D eigenvalue weighted by atomic mass is 16.1. The number of carbonyl (C=O) groups excluding carboxylic acids is 1. The third-order valence-electron chi connectivity index (χ3n) is 2.99. The van der Waals surface area contributed by atoms with Gasteiger partial charge in [-0.2, -0.15) is 0 Å². The Hall–Kier alpha value is -1.69. The molecule has 0 atom stereocenters. The maximum absolute atomic E-state index is 11.7. The smallest absolute Gasteiger partial charge is 0.271 e. The van der Waals surface area contributed by atoms with Gasteiger partial charge < -0.3 is 16.0 Å². The van der Waals surface area contributed by atoms with Crippen molar-refractivity contribution in [3.63, 3.8) is 0 Å². The Kier molecular flexibility index (Phi) is 6.21. The number of unbranched alkanes of at least 4 members (excludes halogenated alkanes) is 1. The van der Waals surface area contributed by atoms with Crippen molar-refractivity contribution >= 4 is 11.7 Å². The molecule has 0 spiro atoms. The summed E-state index contributed by atoms with van der Waals surface area (Å²) in [6.07, 6.45) is 4.83. The van der Waals surface area contributed by atoms with Gasteiger partial charge in [-0.25, -0.2) is 4.98 Å². The van der Waals surface area contributed by atoms with Gasteiger partial charge in [0.25, 0.3) is 5.91 Å². The van der Waals surface area contributed by atoms with Crippen molar-refractivity contribution in [3.05, 3.63) is 18.1 Å². The summed E-state index contributed by atoms with van der Waals surface area (Å²) in [6, 6.07) is 0.553. The maximum atomic E-state index is 11.7. The molecular formula is C13H23N5O. The van der Waals surface area contributed by atoms with Crippen LogP contribution in [-0.4, -0.2) is 47.0 Å². The van der Waals surface area contributed by atoms with E-state index in [-0.39, 0.29) is 17.4 Å². The topological polar surface area (TPSA) is 84.1 Å². The summed E-state index contributed by atoms with van der Waals surface area (Å²) in [7, 11) is 2.10. The number of rotatable bonds is 7.